The Morgan fingerprint density at radius 3 is 1.00 bits per heavy atom. The molecule has 0 aliphatic carbocycles. The van der Waals surface area contributed by atoms with Gasteiger partial charge in [-0.1, -0.05) is 0 Å². The van der Waals surface area contributed by atoms with E-state index in [1.807, 2.05) is 0 Å². The highest BCUT2D eigenvalue weighted by Gasteiger charge is 1.70. The molecule has 0 fully saturated rings. The molecule has 0 heterocycles. The molecule has 0 atom stereocenters. The molecule has 0 spiro atoms. The first-order valence-corrected chi connectivity index (χ1v) is 0.651. The topological polar surface area (TPSA) is 163 Å². The molecule has 0 rings (SSSR count). The third kappa shape index (κ3) is 882. The first-order chi connectivity index (χ1) is 1.73. The van der Waals surface area contributed by atoms with Crippen molar-refractivity contribution < 1.29 is 15.0 Å². The monoisotopic (exact) mass is 193 g/mol. The Bertz CT molecular complexity index is 37.5. The lowest BCUT2D eigenvalue weighted by atomic mass is 11.5. The fourth-order valence-corrected chi connectivity index (χ4v) is 0. The van der Waals surface area contributed by atoms with Crippen LogP contribution in [0, 0.1) is 0 Å². The third-order valence-electron chi connectivity index (χ3n) is 0. The van der Waals surface area contributed by atoms with E-state index < -0.39 is 6.16 Å². The van der Waals surface area contributed by atoms with Gasteiger partial charge in [-0.15, -0.1) is 17.0 Å². The van der Waals surface area contributed by atoms with E-state index >= 15 is 0 Å². The summed E-state index contributed by atoms with van der Waals surface area (Å²) in [4.78, 5) is 8.56. The van der Waals surface area contributed by atoms with Gasteiger partial charge in [-0.05, 0) is 0 Å². The van der Waals surface area contributed by atoms with Crippen molar-refractivity contribution in [3.8, 4) is 0 Å². The highest BCUT2D eigenvalue weighted by Crippen LogP contribution is 1.42. The number of carbonyl (C=O) groups is 1. The van der Waals surface area contributed by atoms with Gasteiger partial charge in [0.05, 0.1) is 0 Å². The van der Waals surface area contributed by atoms with Gasteiger partial charge in [-0.25, -0.2) is 4.79 Å². The zero-order valence-electron chi connectivity index (χ0n) is 4.33. The Kier molecular flexibility index (Phi) is 184. The molecular formula is CH12BrN3O3. The lowest BCUT2D eigenvalue weighted by molar-refractivity contribution is 0.137. The van der Waals surface area contributed by atoms with Crippen LogP contribution in [0.5, 0.6) is 0 Å². The van der Waals surface area contributed by atoms with Crippen molar-refractivity contribution >= 4 is 23.1 Å². The van der Waals surface area contributed by atoms with Crippen LogP contribution in [0.2, 0.25) is 0 Å². The van der Waals surface area contributed by atoms with Crippen molar-refractivity contribution in [3.05, 3.63) is 0 Å². The lowest BCUT2D eigenvalue weighted by Gasteiger charge is -1.60. The maximum absolute atomic E-state index is 8.56. The summed E-state index contributed by atoms with van der Waals surface area (Å²) in [5.74, 6) is 0. The molecule has 7 heteroatoms. The summed E-state index contributed by atoms with van der Waals surface area (Å²) in [5.41, 5.74) is 0. The molecule has 0 saturated carbocycles. The smallest absolute Gasteiger partial charge is 0.450 e. The molecular weight excluding hydrogens is 182 g/mol. The van der Waals surface area contributed by atoms with E-state index in [9.17, 15) is 0 Å². The van der Waals surface area contributed by atoms with Gasteiger partial charge in [0.25, 0.3) is 0 Å². The van der Waals surface area contributed by atoms with Crippen molar-refractivity contribution in [2.24, 2.45) is 0 Å². The molecule has 0 aliphatic rings. The van der Waals surface area contributed by atoms with Gasteiger partial charge < -0.3 is 28.7 Å². The molecule has 0 aromatic carbocycles. The quantitative estimate of drug-likeness (QED) is 0.389. The third-order valence-corrected chi connectivity index (χ3v) is 0. The second-order valence-corrected chi connectivity index (χ2v) is 0.283. The van der Waals surface area contributed by atoms with Crippen molar-refractivity contribution in [3.63, 3.8) is 0 Å². The van der Waals surface area contributed by atoms with Gasteiger partial charge in [0, 0.05) is 0 Å². The van der Waals surface area contributed by atoms with Crippen LogP contribution >= 0.6 is 17.0 Å². The molecule has 0 unspecified atom stereocenters. The van der Waals surface area contributed by atoms with Crippen molar-refractivity contribution in [2.75, 3.05) is 0 Å². The lowest BCUT2D eigenvalue weighted by Crippen LogP contribution is -1.81. The maximum atomic E-state index is 8.56. The molecule has 0 radical (unpaired) electrons. The van der Waals surface area contributed by atoms with E-state index in [4.69, 9.17) is 15.0 Å². The van der Waals surface area contributed by atoms with Gasteiger partial charge in [-0.2, -0.15) is 0 Å². The second-order valence-electron chi connectivity index (χ2n) is 0.283. The molecule has 0 amide bonds. The van der Waals surface area contributed by atoms with Crippen molar-refractivity contribution in [1.29, 1.82) is 0 Å². The highest BCUT2D eigenvalue weighted by molar-refractivity contribution is 8.93. The molecule has 56 valence electrons. The van der Waals surface area contributed by atoms with E-state index in [-0.39, 0.29) is 35.4 Å². The predicted octanol–water partition coefficient (Wildman–Crippen LogP) is 1.29. The Hall–Kier alpha value is -0.370. The second kappa shape index (κ2) is 30.4. The Balaban J connectivity index is -0.00000000750. The molecule has 0 saturated heterocycles. The van der Waals surface area contributed by atoms with Crippen LogP contribution in [-0.4, -0.2) is 16.4 Å². The van der Waals surface area contributed by atoms with Gasteiger partial charge in [0.1, 0.15) is 0 Å². The fraction of sp³-hybridized carbons (Fsp3) is 0. The van der Waals surface area contributed by atoms with Crippen LogP contribution in [0.3, 0.4) is 0 Å². The number of rotatable bonds is 0. The largest absolute Gasteiger partial charge is 0.503 e. The van der Waals surface area contributed by atoms with E-state index in [0.717, 1.165) is 0 Å². The SMILES string of the molecule is Br.N.N.N.O=C(O)O. The summed E-state index contributed by atoms with van der Waals surface area (Å²) in [6, 6.07) is 0. The summed E-state index contributed by atoms with van der Waals surface area (Å²) in [5, 5.41) is 13.9. The molecule has 0 bridgehead atoms. The van der Waals surface area contributed by atoms with Crippen LogP contribution in [-0.2, 0) is 0 Å². The van der Waals surface area contributed by atoms with Crippen LogP contribution in [0.15, 0.2) is 0 Å². The normalized spacial score (nSPS) is 3.00. The number of hydrogen-bond donors (Lipinski definition) is 5. The highest BCUT2D eigenvalue weighted by atomic mass is 79.9. The van der Waals surface area contributed by atoms with Crippen LogP contribution in [0.25, 0.3) is 0 Å². The predicted molar refractivity (Wildman–Crippen MR) is 36.0 cm³/mol. The summed E-state index contributed by atoms with van der Waals surface area (Å²) in [6.45, 7) is 0. The Labute approximate surface area is 57.4 Å². The minimum absolute atomic E-state index is 0. The zero-order valence-corrected chi connectivity index (χ0v) is 6.05. The van der Waals surface area contributed by atoms with Gasteiger partial charge >= 0.3 is 6.16 Å². The first kappa shape index (κ1) is 48.5. The average Bonchev–Trinajstić information content (AvgIpc) is 0.811. The van der Waals surface area contributed by atoms with E-state index in [1.54, 1.807) is 0 Å². The van der Waals surface area contributed by atoms with E-state index in [1.165, 1.54) is 0 Å². The Morgan fingerprint density at radius 2 is 1.00 bits per heavy atom. The van der Waals surface area contributed by atoms with E-state index in [0.29, 0.717) is 0 Å². The molecule has 8 heavy (non-hydrogen) atoms. The molecule has 0 aromatic rings. The van der Waals surface area contributed by atoms with Gasteiger partial charge in [0.15, 0.2) is 0 Å². The summed E-state index contributed by atoms with van der Waals surface area (Å²) in [7, 11) is 0. The van der Waals surface area contributed by atoms with Gasteiger partial charge in [-0.3, -0.25) is 0 Å². The number of halogens is 1. The van der Waals surface area contributed by atoms with Crippen LogP contribution < -0.4 is 18.5 Å². The average molecular weight is 194 g/mol. The standard InChI is InChI=1S/CH2O3.BrH.3H3N/c2-1(3)4;;;;/h(H2,2,3,4);1H;3*1H3. The van der Waals surface area contributed by atoms with E-state index in [2.05, 4.69) is 0 Å². The summed E-state index contributed by atoms with van der Waals surface area (Å²) < 4.78 is 0. The van der Waals surface area contributed by atoms with Crippen LogP contribution in [0.4, 0.5) is 4.79 Å². The molecule has 0 aromatic heterocycles. The first-order valence-electron chi connectivity index (χ1n) is 0.651. The fourth-order valence-electron chi connectivity index (χ4n) is 0. The number of carboxylic acid groups (broad SMARTS) is 2. The number of hydrogen-bond acceptors (Lipinski definition) is 4. The minimum atomic E-state index is -1.83. The van der Waals surface area contributed by atoms with Crippen molar-refractivity contribution in [1.82, 2.24) is 18.5 Å². The van der Waals surface area contributed by atoms with Crippen molar-refractivity contribution in [2.45, 2.75) is 0 Å². The maximum Gasteiger partial charge on any atom is 0.503 e. The van der Waals surface area contributed by atoms with Gasteiger partial charge in [0.2, 0.25) is 0 Å². The zero-order chi connectivity index (χ0) is 3.58. The summed E-state index contributed by atoms with van der Waals surface area (Å²) >= 11 is 0. The molecule has 0 aliphatic heterocycles. The van der Waals surface area contributed by atoms with Crippen LogP contribution in [0.1, 0.15) is 0 Å². The minimum Gasteiger partial charge on any atom is -0.450 e. The Morgan fingerprint density at radius 1 is 1.00 bits per heavy atom. The molecule has 11 N–H and O–H groups in total. The molecule has 6 nitrogen and oxygen atoms in total. The summed E-state index contributed by atoms with van der Waals surface area (Å²) in [6.07, 6.45) is -1.83.